The Morgan fingerprint density at radius 2 is 1.41 bits per heavy atom. The average molecular weight is 466 g/mol. The number of hydrogen-bond donors (Lipinski definition) is 1. The predicted octanol–water partition coefficient (Wildman–Crippen LogP) is 4.17. The van der Waals surface area contributed by atoms with Gasteiger partial charge in [-0.15, -0.1) is 0 Å². The molecule has 3 atom stereocenters. The van der Waals surface area contributed by atoms with Gasteiger partial charge < -0.3 is 19.5 Å². The molecule has 3 aromatic rings. The lowest BCUT2D eigenvalue weighted by Crippen LogP contribution is -2.52. The van der Waals surface area contributed by atoms with E-state index in [1.165, 1.54) is 70.5 Å². The maximum Gasteiger partial charge on any atom is 0.415 e. The molecular weight excluding hydrogens is 446 g/mol. The van der Waals surface area contributed by atoms with Crippen molar-refractivity contribution in [2.75, 3.05) is 23.0 Å². The number of morpholine rings is 1. The predicted molar refractivity (Wildman–Crippen MR) is 118 cm³/mol. The number of cyclic esters (lactones) is 1. The Labute approximate surface area is 193 Å². The first-order valence-electron chi connectivity index (χ1n) is 10.6. The third-order valence-corrected chi connectivity index (χ3v) is 5.95. The zero-order chi connectivity index (χ0) is 23.8. The highest BCUT2D eigenvalue weighted by Gasteiger charge is 2.49. The molecule has 174 valence electrons. The minimum atomic E-state index is -0.821. The van der Waals surface area contributed by atoms with Crippen LogP contribution in [-0.4, -0.2) is 42.5 Å². The number of rotatable bonds is 4. The summed E-state index contributed by atoms with van der Waals surface area (Å²) >= 11 is 0. The lowest BCUT2D eigenvalue weighted by Gasteiger charge is -2.36. The summed E-state index contributed by atoms with van der Waals surface area (Å²) in [6.07, 6.45) is -2.17. The van der Waals surface area contributed by atoms with E-state index in [-0.39, 0.29) is 24.8 Å². The van der Waals surface area contributed by atoms with Crippen LogP contribution in [0.3, 0.4) is 0 Å². The fraction of sp³-hybridized carbons (Fsp3) is 0.200. The Morgan fingerprint density at radius 1 is 0.824 bits per heavy atom. The number of benzene rings is 3. The molecule has 2 aliphatic heterocycles. The molecule has 5 rings (SSSR count). The molecule has 2 aliphatic rings. The van der Waals surface area contributed by atoms with Crippen molar-refractivity contribution in [3.05, 3.63) is 90.0 Å². The van der Waals surface area contributed by atoms with Crippen LogP contribution in [-0.2, 0) is 14.3 Å². The zero-order valence-electron chi connectivity index (χ0n) is 17.8. The van der Waals surface area contributed by atoms with Crippen molar-refractivity contribution in [2.24, 2.45) is 0 Å². The summed E-state index contributed by atoms with van der Waals surface area (Å²) in [5.41, 5.74) is 1.58. The fourth-order valence-electron chi connectivity index (χ4n) is 4.32. The third kappa shape index (κ3) is 4.06. The van der Waals surface area contributed by atoms with Gasteiger partial charge in [0.1, 0.15) is 36.1 Å². The third-order valence-electron chi connectivity index (χ3n) is 5.95. The van der Waals surface area contributed by atoms with E-state index < -0.39 is 36.0 Å². The molecule has 0 radical (unpaired) electrons. The maximum absolute atomic E-state index is 13.5. The molecule has 2 saturated heterocycles. The van der Waals surface area contributed by atoms with Gasteiger partial charge in [0.25, 0.3) is 5.91 Å². The molecule has 2 heterocycles. The maximum atomic E-state index is 13.5. The van der Waals surface area contributed by atoms with Crippen LogP contribution in [0, 0.1) is 11.6 Å². The number of nitrogens with zero attached hydrogens (tertiary/aromatic N) is 2. The summed E-state index contributed by atoms with van der Waals surface area (Å²) < 4.78 is 38.4. The van der Waals surface area contributed by atoms with Crippen LogP contribution in [0.1, 0.15) is 11.6 Å². The van der Waals surface area contributed by atoms with Crippen LogP contribution in [0.4, 0.5) is 25.0 Å². The summed E-state index contributed by atoms with van der Waals surface area (Å²) in [4.78, 5) is 28.4. The monoisotopic (exact) mass is 466 g/mol. The van der Waals surface area contributed by atoms with Gasteiger partial charge in [0.2, 0.25) is 0 Å². The van der Waals surface area contributed by atoms with Gasteiger partial charge in [-0.05, 0) is 66.2 Å². The largest absolute Gasteiger partial charge is 0.508 e. The number of hydrogen-bond acceptors (Lipinski definition) is 5. The molecule has 9 heteroatoms. The Bertz CT molecular complexity index is 1200. The second-order valence-electron chi connectivity index (χ2n) is 8.06. The molecule has 1 N–H and O–H groups in total. The quantitative estimate of drug-likeness (QED) is 0.625. The highest BCUT2D eigenvalue weighted by Crippen LogP contribution is 2.40. The Hall–Kier alpha value is -3.98. The summed E-state index contributed by atoms with van der Waals surface area (Å²) in [6.45, 7) is -0.163. The van der Waals surface area contributed by atoms with Crippen LogP contribution < -0.4 is 9.80 Å². The van der Waals surface area contributed by atoms with Crippen LogP contribution in [0.2, 0.25) is 0 Å². The minimum absolute atomic E-state index is 0.0564. The van der Waals surface area contributed by atoms with Crippen LogP contribution in [0.25, 0.3) is 0 Å². The van der Waals surface area contributed by atoms with E-state index in [4.69, 9.17) is 9.47 Å². The number of halogens is 2. The number of amides is 2. The van der Waals surface area contributed by atoms with Crippen molar-refractivity contribution in [3.8, 4) is 5.75 Å². The number of carbonyl (C=O) groups is 2. The number of aromatic hydroxyl groups is 1. The normalized spacial score (nSPS) is 22.7. The molecule has 2 fully saturated rings. The molecule has 2 amide bonds. The Balaban J connectivity index is 1.50. The van der Waals surface area contributed by atoms with E-state index in [0.29, 0.717) is 16.9 Å². The van der Waals surface area contributed by atoms with Gasteiger partial charge in [0, 0.05) is 11.4 Å². The van der Waals surface area contributed by atoms with Gasteiger partial charge >= 0.3 is 6.09 Å². The molecular formula is C25H20F2N2O5. The van der Waals surface area contributed by atoms with E-state index in [1.807, 2.05) is 0 Å². The molecule has 0 aromatic heterocycles. The minimum Gasteiger partial charge on any atom is -0.508 e. The molecule has 7 nitrogen and oxygen atoms in total. The SMILES string of the molecule is O=C1CO[C@@H]([C@H]2OC(=O)N(c3ccc(F)cc3)[C@@H]2c2ccc(O)cc2)CN1c1ccc(F)cc1. The molecule has 0 spiro atoms. The van der Waals surface area contributed by atoms with Crippen molar-refractivity contribution in [2.45, 2.75) is 18.2 Å². The van der Waals surface area contributed by atoms with E-state index in [1.54, 1.807) is 12.1 Å². The Kier molecular flexibility index (Phi) is 5.62. The molecule has 0 bridgehead atoms. The van der Waals surface area contributed by atoms with Gasteiger partial charge in [-0.25, -0.2) is 13.6 Å². The standard InChI is InChI=1S/C25H20F2N2O5/c26-16-3-7-18(8-4-16)28-13-21(33-14-22(28)31)24-23(15-1-11-20(30)12-2-15)29(25(32)34-24)19-9-5-17(27)6-10-19/h1-12,21,23-24,30H,13-14H2/t21-,23-,24-/m1/s1. The van der Waals surface area contributed by atoms with E-state index >= 15 is 0 Å². The summed E-state index contributed by atoms with van der Waals surface area (Å²) in [5, 5.41) is 9.74. The Morgan fingerprint density at radius 3 is 2.03 bits per heavy atom. The fourth-order valence-corrected chi connectivity index (χ4v) is 4.32. The van der Waals surface area contributed by atoms with Crippen molar-refractivity contribution in [1.82, 2.24) is 0 Å². The molecule has 3 aromatic carbocycles. The van der Waals surface area contributed by atoms with Crippen LogP contribution >= 0.6 is 0 Å². The van der Waals surface area contributed by atoms with Gasteiger partial charge in [0.05, 0.1) is 6.54 Å². The number of anilines is 2. The zero-order valence-corrected chi connectivity index (χ0v) is 17.8. The van der Waals surface area contributed by atoms with Crippen molar-refractivity contribution < 1.29 is 33.0 Å². The highest BCUT2D eigenvalue weighted by atomic mass is 19.1. The molecule has 0 aliphatic carbocycles. The number of phenolic OH excluding ortho intramolecular Hbond substituents is 1. The first-order chi connectivity index (χ1) is 16.4. The first-order valence-corrected chi connectivity index (χ1v) is 10.6. The second-order valence-corrected chi connectivity index (χ2v) is 8.06. The highest BCUT2D eigenvalue weighted by molar-refractivity contribution is 5.95. The molecule has 0 saturated carbocycles. The number of carbonyl (C=O) groups excluding carboxylic acids is 2. The average Bonchev–Trinajstić information content (AvgIpc) is 3.18. The lowest BCUT2D eigenvalue weighted by molar-refractivity contribution is -0.133. The van der Waals surface area contributed by atoms with Crippen molar-refractivity contribution >= 4 is 23.4 Å². The van der Waals surface area contributed by atoms with Crippen molar-refractivity contribution in [3.63, 3.8) is 0 Å². The van der Waals surface area contributed by atoms with Crippen LogP contribution in [0.15, 0.2) is 72.8 Å². The van der Waals surface area contributed by atoms with E-state index in [0.717, 1.165) is 0 Å². The smallest absolute Gasteiger partial charge is 0.415 e. The lowest BCUT2D eigenvalue weighted by atomic mass is 9.95. The van der Waals surface area contributed by atoms with E-state index in [9.17, 15) is 23.5 Å². The van der Waals surface area contributed by atoms with Gasteiger partial charge in [-0.3, -0.25) is 9.69 Å². The molecule has 0 unspecified atom stereocenters. The molecule has 34 heavy (non-hydrogen) atoms. The van der Waals surface area contributed by atoms with Crippen LogP contribution in [0.5, 0.6) is 5.75 Å². The first kappa shape index (κ1) is 21.8. The van der Waals surface area contributed by atoms with Gasteiger partial charge in [-0.1, -0.05) is 12.1 Å². The van der Waals surface area contributed by atoms with Gasteiger partial charge in [-0.2, -0.15) is 0 Å². The van der Waals surface area contributed by atoms with Crippen molar-refractivity contribution in [1.29, 1.82) is 0 Å². The summed E-state index contributed by atoms with van der Waals surface area (Å²) in [7, 11) is 0. The number of ether oxygens (including phenoxy) is 2. The summed E-state index contributed by atoms with van der Waals surface area (Å²) in [6, 6.07) is 16.6. The second kappa shape index (κ2) is 8.75. The van der Waals surface area contributed by atoms with Gasteiger partial charge in [0.15, 0.2) is 6.10 Å². The summed E-state index contributed by atoms with van der Waals surface area (Å²) in [5.74, 6) is -1.11. The topological polar surface area (TPSA) is 79.3 Å². The number of phenols is 1. The van der Waals surface area contributed by atoms with E-state index in [2.05, 4.69) is 0 Å².